The molecule has 0 spiro atoms. The monoisotopic (exact) mass is 139 g/mol. The van der Waals surface area contributed by atoms with Gasteiger partial charge in [-0.3, -0.25) is 0 Å². The lowest BCUT2D eigenvalue weighted by atomic mass is 10.2. The Morgan fingerprint density at radius 2 is 2.44 bits per heavy atom. The molecular formula is C7H9NS. The molecule has 0 bridgehead atoms. The number of thioether (sulfide) groups is 1. The fourth-order valence-corrected chi connectivity index (χ4v) is 2.09. The molecule has 48 valence electrons. The van der Waals surface area contributed by atoms with Crippen LogP contribution in [0.1, 0.15) is 20.3 Å². The smallest absolute Gasteiger partial charge is 0.0955 e. The van der Waals surface area contributed by atoms with Crippen molar-refractivity contribution in [2.45, 2.75) is 25.5 Å². The van der Waals surface area contributed by atoms with E-state index in [1.807, 2.05) is 18.7 Å². The predicted molar refractivity (Wildman–Crippen MR) is 40.0 cm³/mol. The van der Waals surface area contributed by atoms with Crippen molar-refractivity contribution in [3.05, 3.63) is 10.5 Å². The number of rotatable bonds is 0. The summed E-state index contributed by atoms with van der Waals surface area (Å²) in [6.07, 6.45) is 0.965. The van der Waals surface area contributed by atoms with E-state index in [9.17, 15) is 0 Å². The molecule has 1 aliphatic heterocycles. The first-order valence-electron chi connectivity index (χ1n) is 3.00. The Balaban J connectivity index is 2.73. The minimum Gasteiger partial charge on any atom is -0.193 e. The highest BCUT2D eigenvalue weighted by molar-refractivity contribution is 8.03. The Morgan fingerprint density at radius 1 is 1.78 bits per heavy atom. The highest BCUT2D eigenvalue weighted by Crippen LogP contribution is 2.36. The zero-order valence-corrected chi connectivity index (χ0v) is 6.46. The zero-order chi connectivity index (χ0) is 6.85. The summed E-state index contributed by atoms with van der Waals surface area (Å²) < 4.78 is 0. The van der Waals surface area contributed by atoms with E-state index in [0.29, 0.717) is 5.25 Å². The summed E-state index contributed by atoms with van der Waals surface area (Å²) >= 11 is 1.81. The lowest BCUT2D eigenvalue weighted by molar-refractivity contribution is 0.971. The Hall–Kier alpha value is -0.420. The highest BCUT2D eigenvalue weighted by Gasteiger charge is 2.17. The van der Waals surface area contributed by atoms with E-state index in [1.54, 1.807) is 0 Å². The molecule has 0 N–H and O–H groups in total. The van der Waals surface area contributed by atoms with Crippen molar-refractivity contribution < 1.29 is 0 Å². The van der Waals surface area contributed by atoms with Crippen LogP contribution in [0.15, 0.2) is 10.5 Å². The van der Waals surface area contributed by atoms with Crippen LogP contribution in [-0.2, 0) is 0 Å². The summed E-state index contributed by atoms with van der Waals surface area (Å²) in [5.74, 6) is 0. The molecule has 0 aromatic rings. The van der Waals surface area contributed by atoms with Crippen LogP contribution in [0.25, 0.3) is 0 Å². The summed E-state index contributed by atoms with van der Waals surface area (Å²) in [4.78, 5) is 1.21. The third-order valence-electron chi connectivity index (χ3n) is 1.43. The third kappa shape index (κ3) is 1.28. The molecule has 0 aromatic carbocycles. The summed E-state index contributed by atoms with van der Waals surface area (Å²) in [6.45, 7) is 4.17. The van der Waals surface area contributed by atoms with E-state index < -0.39 is 0 Å². The second kappa shape index (κ2) is 2.45. The van der Waals surface area contributed by atoms with Gasteiger partial charge in [-0.25, -0.2) is 0 Å². The molecule has 0 amide bonds. The molecule has 1 unspecified atom stereocenters. The summed E-state index contributed by atoms with van der Waals surface area (Å²) in [6, 6.07) is 2.20. The Bertz CT molecular complexity index is 188. The first kappa shape index (κ1) is 6.70. The standard InChI is InChI=1S/C7H9NS/c1-5-3-7(4-8)6(2)9-5/h5H,3H2,1-2H3. The van der Waals surface area contributed by atoms with Crippen LogP contribution in [0.3, 0.4) is 0 Å². The van der Waals surface area contributed by atoms with Gasteiger partial charge in [-0.15, -0.1) is 11.8 Å². The summed E-state index contributed by atoms with van der Waals surface area (Å²) in [5.41, 5.74) is 0.979. The number of nitriles is 1. The van der Waals surface area contributed by atoms with Gasteiger partial charge in [-0.2, -0.15) is 5.26 Å². The van der Waals surface area contributed by atoms with Gasteiger partial charge in [0.15, 0.2) is 0 Å². The quantitative estimate of drug-likeness (QED) is 0.514. The number of hydrogen-bond acceptors (Lipinski definition) is 2. The maximum absolute atomic E-state index is 8.53. The maximum atomic E-state index is 8.53. The first-order valence-corrected chi connectivity index (χ1v) is 3.88. The van der Waals surface area contributed by atoms with Crippen LogP contribution in [0.2, 0.25) is 0 Å². The van der Waals surface area contributed by atoms with E-state index in [2.05, 4.69) is 13.0 Å². The summed E-state index contributed by atoms with van der Waals surface area (Å²) in [7, 11) is 0. The van der Waals surface area contributed by atoms with Crippen molar-refractivity contribution >= 4 is 11.8 Å². The van der Waals surface area contributed by atoms with Gasteiger partial charge in [0.25, 0.3) is 0 Å². The first-order chi connectivity index (χ1) is 4.24. The van der Waals surface area contributed by atoms with Crippen LogP contribution in [-0.4, -0.2) is 5.25 Å². The molecule has 0 fully saturated rings. The Labute approximate surface area is 59.7 Å². The highest BCUT2D eigenvalue weighted by atomic mass is 32.2. The molecule has 0 saturated heterocycles. The van der Waals surface area contributed by atoms with Crippen LogP contribution in [0, 0.1) is 11.3 Å². The second-order valence-electron chi connectivity index (χ2n) is 2.28. The largest absolute Gasteiger partial charge is 0.193 e. The topological polar surface area (TPSA) is 23.8 Å². The van der Waals surface area contributed by atoms with Gasteiger partial charge in [-0.05, 0) is 18.2 Å². The lowest BCUT2D eigenvalue weighted by Crippen LogP contribution is -1.86. The molecule has 0 saturated carbocycles. The molecule has 0 aliphatic carbocycles. The maximum Gasteiger partial charge on any atom is 0.0955 e. The molecule has 1 atom stereocenters. The Kier molecular flexibility index (Phi) is 1.82. The SMILES string of the molecule is CC1=C(C#N)CC(C)S1. The fraction of sp³-hybridized carbons (Fsp3) is 0.571. The van der Waals surface area contributed by atoms with Crippen molar-refractivity contribution in [1.82, 2.24) is 0 Å². The minimum absolute atomic E-state index is 0.625. The molecule has 2 heteroatoms. The van der Waals surface area contributed by atoms with Crippen molar-refractivity contribution in [2.75, 3.05) is 0 Å². The zero-order valence-electron chi connectivity index (χ0n) is 5.64. The van der Waals surface area contributed by atoms with Gasteiger partial charge >= 0.3 is 0 Å². The number of nitrogens with zero attached hydrogens (tertiary/aromatic N) is 1. The van der Waals surface area contributed by atoms with E-state index >= 15 is 0 Å². The Morgan fingerprint density at radius 3 is 2.67 bits per heavy atom. The van der Waals surface area contributed by atoms with Crippen LogP contribution < -0.4 is 0 Å². The molecule has 1 nitrogen and oxygen atoms in total. The molecular weight excluding hydrogens is 130 g/mol. The van der Waals surface area contributed by atoms with E-state index in [-0.39, 0.29) is 0 Å². The number of allylic oxidation sites excluding steroid dienone is 2. The molecule has 1 rings (SSSR count). The average molecular weight is 139 g/mol. The van der Waals surface area contributed by atoms with Crippen molar-refractivity contribution in [3.63, 3.8) is 0 Å². The third-order valence-corrected chi connectivity index (χ3v) is 2.60. The van der Waals surface area contributed by atoms with Crippen molar-refractivity contribution in [2.24, 2.45) is 0 Å². The van der Waals surface area contributed by atoms with Gasteiger partial charge in [0.05, 0.1) is 6.07 Å². The molecule has 0 aromatic heterocycles. The minimum atomic E-state index is 0.625. The van der Waals surface area contributed by atoms with Crippen LogP contribution in [0.4, 0.5) is 0 Å². The number of hydrogen-bond donors (Lipinski definition) is 0. The van der Waals surface area contributed by atoms with E-state index in [0.717, 1.165) is 12.0 Å². The van der Waals surface area contributed by atoms with Gasteiger partial charge in [-0.1, -0.05) is 6.92 Å². The van der Waals surface area contributed by atoms with Crippen molar-refractivity contribution in [1.29, 1.82) is 5.26 Å². The van der Waals surface area contributed by atoms with E-state index in [4.69, 9.17) is 5.26 Å². The predicted octanol–water partition coefficient (Wildman–Crippen LogP) is 2.31. The van der Waals surface area contributed by atoms with E-state index in [1.165, 1.54) is 4.91 Å². The van der Waals surface area contributed by atoms with Gasteiger partial charge < -0.3 is 0 Å². The molecule has 1 aliphatic rings. The van der Waals surface area contributed by atoms with Crippen LogP contribution >= 0.6 is 11.8 Å². The van der Waals surface area contributed by atoms with Gasteiger partial charge in [0.2, 0.25) is 0 Å². The fourth-order valence-electron chi connectivity index (χ4n) is 0.970. The molecule has 0 radical (unpaired) electrons. The lowest BCUT2D eigenvalue weighted by Gasteiger charge is -1.94. The average Bonchev–Trinajstić information content (AvgIpc) is 2.10. The summed E-state index contributed by atoms with van der Waals surface area (Å²) in [5, 5.41) is 9.16. The van der Waals surface area contributed by atoms with Gasteiger partial charge in [0.1, 0.15) is 0 Å². The molecule has 9 heavy (non-hydrogen) atoms. The normalized spacial score (nSPS) is 26.6. The van der Waals surface area contributed by atoms with Crippen LogP contribution in [0.5, 0.6) is 0 Å². The molecule has 1 heterocycles. The van der Waals surface area contributed by atoms with Gasteiger partial charge in [0, 0.05) is 10.8 Å². The second-order valence-corrected chi connectivity index (χ2v) is 3.93. The van der Waals surface area contributed by atoms with Crippen molar-refractivity contribution in [3.8, 4) is 6.07 Å².